The van der Waals surface area contributed by atoms with Gasteiger partial charge in [-0.1, -0.05) is 23.5 Å². The van der Waals surface area contributed by atoms with Gasteiger partial charge in [-0.15, -0.1) is 0 Å². The van der Waals surface area contributed by atoms with E-state index in [9.17, 15) is 4.79 Å². The molecule has 0 aliphatic rings. The van der Waals surface area contributed by atoms with Crippen LogP contribution in [-0.2, 0) is 11.8 Å². The lowest BCUT2D eigenvalue weighted by Crippen LogP contribution is -2.20. The van der Waals surface area contributed by atoms with E-state index < -0.39 is 12.0 Å². The molecule has 1 N–H and O–H groups in total. The molecule has 4 nitrogen and oxygen atoms in total. The molecule has 2 rings (SSSR count). The normalized spacial score (nSPS) is 14.2. The summed E-state index contributed by atoms with van der Waals surface area (Å²) in [6.45, 7) is 1.58. The van der Waals surface area contributed by atoms with Crippen LogP contribution in [0.5, 0.6) is 0 Å². The summed E-state index contributed by atoms with van der Waals surface area (Å²) in [6.07, 6.45) is 0. The highest BCUT2D eigenvalue weighted by Gasteiger charge is 2.09. The average molecular weight is 236 g/mol. The Labute approximate surface area is 96.5 Å². The quantitative estimate of drug-likeness (QED) is 0.861. The summed E-state index contributed by atoms with van der Waals surface area (Å²) in [4.78, 5) is 15.6. The first-order chi connectivity index (χ1) is 7.59. The number of hydrogen-bond donors (Lipinski definition) is 1. The fourth-order valence-electron chi connectivity index (χ4n) is 1.42. The third-order valence-corrected chi connectivity index (χ3v) is 3.50. The topological polar surface area (TPSA) is 54.6 Å². The van der Waals surface area contributed by atoms with Gasteiger partial charge in [0.05, 0.1) is 10.2 Å². The van der Waals surface area contributed by atoms with Crippen LogP contribution < -0.4 is 4.80 Å². The maximum absolute atomic E-state index is 10.7. The Hall–Kier alpha value is -1.62. The second-order valence-electron chi connectivity index (χ2n) is 3.55. The number of aryl methyl sites for hydroxylation is 1. The van der Waals surface area contributed by atoms with Crippen LogP contribution in [0, 0.1) is 0 Å². The van der Waals surface area contributed by atoms with Crippen LogP contribution in [0.25, 0.3) is 10.2 Å². The van der Waals surface area contributed by atoms with Crippen LogP contribution >= 0.6 is 11.3 Å². The predicted molar refractivity (Wildman–Crippen MR) is 63.5 cm³/mol. The zero-order valence-corrected chi connectivity index (χ0v) is 9.86. The summed E-state index contributed by atoms with van der Waals surface area (Å²) in [5, 5.41) is 8.81. The van der Waals surface area contributed by atoms with E-state index in [4.69, 9.17) is 5.11 Å². The molecular formula is C11H12N2O2S. The highest BCUT2D eigenvalue weighted by atomic mass is 32.1. The molecule has 1 aromatic carbocycles. The van der Waals surface area contributed by atoms with Crippen molar-refractivity contribution >= 4 is 27.5 Å². The van der Waals surface area contributed by atoms with E-state index in [1.54, 1.807) is 6.92 Å². The highest BCUT2D eigenvalue weighted by Crippen LogP contribution is 2.15. The Kier molecular flexibility index (Phi) is 2.78. The van der Waals surface area contributed by atoms with Crippen LogP contribution in [0.15, 0.2) is 29.3 Å². The Balaban J connectivity index is 2.62. The van der Waals surface area contributed by atoms with Gasteiger partial charge in [0.15, 0.2) is 4.80 Å². The van der Waals surface area contributed by atoms with Gasteiger partial charge < -0.3 is 9.67 Å². The zero-order valence-electron chi connectivity index (χ0n) is 9.04. The monoisotopic (exact) mass is 236 g/mol. The maximum Gasteiger partial charge on any atom is 0.328 e. The SMILES string of the molecule is C[C@H](N=c1sc2ccccc2n1C)C(=O)O. The van der Waals surface area contributed by atoms with E-state index in [-0.39, 0.29) is 0 Å². The van der Waals surface area contributed by atoms with Crippen molar-refractivity contribution in [3.63, 3.8) is 0 Å². The van der Waals surface area contributed by atoms with Gasteiger partial charge in [0.2, 0.25) is 0 Å². The molecule has 1 heterocycles. The lowest BCUT2D eigenvalue weighted by atomic mass is 10.3. The van der Waals surface area contributed by atoms with E-state index in [0.29, 0.717) is 0 Å². The van der Waals surface area contributed by atoms with Gasteiger partial charge >= 0.3 is 5.97 Å². The molecule has 5 heteroatoms. The molecule has 0 bridgehead atoms. The van der Waals surface area contributed by atoms with Crippen molar-refractivity contribution in [2.24, 2.45) is 12.0 Å². The minimum absolute atomic E-state index is 0.709. The number of para-hydroxylation sites is 1. The molecule has 0 fully saturated rings. The van der Waals surface area contributed by atoms with E-state index in [1.165, 1.54) is 11.3 Å². The van der Waals surface area contributed by atoms with Gasteiger partial charge in [-0.2, -0.15) is 0 Å². The fraction of sp³-hybridized carbons (Fsp3) is 0.273. The lowest BCUT2D eigenvalue weighted by molar-refractivity contribution is -0.138. The second kappa shape index (κ2) is 4.09. The first-order valence-electron chi connectivity index (χ1n) is 4.91. The van der Waals surface area contributed by atoms with Crippen molar-refractivity contribution in [3.05, 3.63) is 29.1 Å². The van der Waals surface area contributed by atoms with Crippen LogP contribution in [0.4, 0.5) is 0 Å². The number of carboxylic acid groups (broad SMARTS) is 1. The molecule has 0 unspecified atom stereocenters. The Morgan fingerprint density at radius 1 is 1.50 bits per heavy atom. The number of carbonyl (C=O) groups is 1. The van der Waals surface area contributed by atoms with Crippen molar-refractivity contribution in [2.45, 2.75) is 13.0 Å². The summed E-state index contributed by atoms with van der Waals surface area (Å²) in [5.41, 5.74) is 1.07. The van der Waals surface area contributed by atoms with E-state index >= 15 is 0 Å². The van der Waals surface area contributed by atoms with Crippen LogP contribution in [0.2, 0.25) is 0 Å². The van der Waals surface area contributed by atoms with Crippen LogP contribution in [0.1, 0.15) is 6.92 Å². The van der Waals surface area contributed by atoms with E-state index in [0.717, 1.165) is 15.0 Å². The summed E-state index contributed by atoms with van der Waals surface area (Å²) in [6, 6.07) is 7.21. The molecule has 0 amide bonds. The molecule has 0 saturated carbocycles. The number of rotatable bonds is 2. The minimum Gasteiger partial charge on any atom is -0.480 e. The van der Waals surface area contributed by atoms with Crippen molar-refractivity contribution in [1.82, 2.24) is 4.57 Å². The molecule has 0 aliphatic heterocycles. The number of aromatic nitrogens is 1. The molecule has 84 valence electrons. The number of fused-ring (bicyclic) bond motifs is 1. The molecule has 1 atom stereocenters. The largest absolute Gasteiger partial charge is 0.480 e. The van der Waals surface area contributed by atoms with Crippen molar-refractivity contribution in [1.29, 1.82) is 0 Å². The van der Waals surface area contributed by atoms with Gasteiger partial charge in [-0.25, -0.2) is 9.79 Å². The Morgan fingerprint density at radius 2 is 2.19 bits per heavy atom. The third-order valence-electron chi connectivity index (χ3n) is 2.38. The lowest BCUT2D eigenvalue weighted by Gasteiger charge is -1.98. The first kappa shape index (κ1) is 10.9. The predicted octanol–water partition coefficient (Wildman–Crippen LogP) is 1.61. The smallest absolute Gasteiger partial charge is 0.328 e. The maximum atomic E-state index is 10.7. The first-order valence-corrected chi connectivity index (χ1v) is 5.72. The molecule has 1 aromatic heterocycles. The Morgan fingerprint density at radius 3 is 2.81 bits per heavy atom. The summed E-state index contributed by atoms with van der Waals surface area (Å²) in [7, 11) is 1.90. The minimum atomic E-state index is -0.905. The van der Waals surface area contributed by atoms with Gasteiger partial charge in [0.1, 0.15) is 6.04 Å². The van der Waals surface area contributed by atoms with Crippen molar-refractivity contribution in [2.75, 3.05) is 0 Å². The molecule has 0 saturated heterocycles. The summed E-state index contributed by atoms with van der Waals surface area (Å²) < 4.78 is 3.03. The molecule has 0 spiro atoms. The van der Waals surface area contributed by atoms with Crippen LogP contribution in [-0.4, -0.2) is 21.7 Å². The number of carboxylic acids is 1. The Bertz CT molecular complexity index is 597. The molecule has 0 radical (unpaired) electrons. The van der Waals surface area contributed by atoms with Crippen molar-refractivity contribution in [3.8, 4) is 0 Å². The summed E-state index contributed by atoms with van der Waals surface area (Å²) >= 11 is 1.50. The molecule has 16 heavy (non-hydrogen) atoms. The molecule has 2 aromatic rings. The van der Waals surface area contributed by atoms with Gasteiger partial charge in [-0.3, -0.25) is 0 Å². The van der Waals surface area contributed by atoms with Crippen molar-refractivity contribution < 1.29 is 9.90 Å². The average Bonchev–Trinajstić information content (AvgIpc) is 2.56. The number of hydrogen-bond acceptors (Lipinski definition) is 3. The summed E-state index contributed by atoms with van der Waals surface area (Å²) in [5.74, 6) is -0.905. The number of thiazole rings is 1. The standard InChI is InChI=1S/C11H12N2O2S/c1-7(10(14)15)12-11-13(2)8-5-3-4-6-9(8)16-11/h3-7H,1-2H3,(H,14,15)/t7-/m0/s1. The molecule has 0 aliphatic carbocycles. The third kappa shape index (κ3) is 1.86. The zero-order chi connectivity index (χ0) is 11.7. The van der Waals surface area contributed by atoms with E-state index in [1.807, 2.05) is 35.9 Å². The van der Waals surface area contributed by atoms with E-state index in [2.05, 4.69) is 4.99 Å². The molecular weight excluding hydrogens is 224 g/mol. The van der Waals surface area contributed by atoms with Gasteiger partial charge in [0, 0.05) is 7.05 Å². The second-order valence-corrected chi connectivity index (χ2v) is 4.56. The van der Waals surface area contributed by atoms with Gasteiger partial charge in [-0.05, 0) is 19.1 Å². The number of benzene rings is 1. The van der Waals surface area contributed by atoms with Gasteiger partial charge in [0.25, 0.3) is 0 Å². The highest BCUT2D eigenvalue weighted by molar-refractivity contribution is 7.16. The number of aliphatic carboxylic acids is 1. The fourth-order valence-corrected chi connectivity index (χ4v) is 2.52. The number of nitrogens with zero attached hydrogens (tertiary/aromatic N) is 2. The van der Waals surface area contributed by atoms with Crippen LogP contribution in [0.3, 0.4) is 0 Å².